The molecule has 0 aliphatic rings. The van der Waals surface area contributed by atoms with Gasteiger partial charge in [0, 0.05) is 0 Å². The van der Waals surface area contributed by atoms with Crippen molar-refractivity contribution < 1.29 is 24.2 Å². The Hall–Kier alpha value is -3.74. The number of benzene rings is 2. The van der Waals surface area contributed by atoms with E-state index >= 15 is 0 Å². The topological polar surface area (TPSA) is 122 Å². The SMILES string of the molecule is O=C(O)c1ccc2ccc3ccc(C(=O)O)c(c3)c(=O)oc(=O)c1c2. The summed E-state index contributed by atoms with van der Waals surface area (Å²) in [5, 5.41) is 18.8. The highest BCUT2D eigenvalue weighted by molar-refractivity contribution is 5.99. The van der Waals surface area contributed by atoms with Crippen molar-refractivity contribution in [3.63, 3.8) is 0 Å². The van der Waals surface area contributed by atoms with E-state index in [1.165, 1.54) is 36.4 Å². The molecule has 2 aromatic carbocycles. The minimum Gasteiger partial charge on any atom is -0.478 e. The van der Waals surface area contributed by atoms with Gasteiger partial charge < -0.3 is 14.6 Å². The smallest absolute Gasteiger partial charge is 0.346 e. The Bertz CT molecular complexity index is 1100. The molecule has 0 aliphatic heterocycles. The van der Waals surface area contributed by atoms with Gasteiger partial charge in [0.05, 0.1) is 21.9 Å². The summed E-state index contributed by atoms with van der Waals surface area (Å²) in [5.41, 5.74) is -2.97. The second-order valence-corrected chi connectivity index (χ2v) is 5.23. The van der Waals surface area contributed by atoms with Gasteiger partial charge in [-0.2, -0.15) is 0 Å². The summed E-state index contributed by atoms with van der Waals surface area (Å²) in [5.74, 6) is -2.70. The first-order valence-corrected chi connectivity index (χ1v) is 7.06. The molecule has 0 fully saturated rings. The third-order valence-corrected chi connectivity index (χ3v) is 3.64. The van der Waals surface area contributed by atoms with Crippen molar-refractivity contribution in [3.05, 3.63) is 80.5 Å². The fourth-order valence-corrected chi connectivity index (χ4v) is 2.43. The molecule has 1 aromatic heterocycles. The largest absolute Gasteiger partial charge is 0.478 e. The van der Waals surface area contributed by atoms with Crippen molar-refractivity contribution in [3.8, 4) is 0 Å². The van der Waals surface area contributed by atoms with Crippen LogP contribution < -0.4 is 11.3 Å². The minimum atomic E-state index is -1.35. The Kier molecular flexibility index (Phi) is 3.90. The number of carboxylic acids is 2. The zero-order valence-electron chi connectivity index (χ0n) is 12.6. The van der Waals surface area contributed by atoms with E-state index in [1.54, 1.807) is 12.1 Å². The van der Waals surface area contributed by atoms with Crippen molar-refractivity contribution in [2.75, 3.05) is 0 Å². The van der Waals surface area contributed by atoms with Gasteiger partial charge in [-0.25, -0.2) is 19.2 Å². The average molecular weight is 338 g/mol. The predicted octanol–water partition coefficient (Wildman–Crippen LogP) is 2.26. The lowest BCUT2D eigenvalue weighted by atomic mass is 10.1. The number of aromatic carboxylic acids is 2. The first-order valence-electron chi connectivity index (χ1n) is 7.06. The first-order chi connectivity index (χ1) is 11.9. The standard InChI is InChI=1S/C18H10O7/c19-15(20)11-5-3-9-1-2-10-4-6-12(16(21)22)14(8-10)18(24)25-17(23)13(11)7-9/h1-8H,(H,19,20)(H,21,22). The van der Waals surface area contributed by atoms with E-state index in [4.69, 9.17) is 4.42 Å². The first kappa shape index (κ1) is 16.1. The summed E-state index contributed by atoms with van der Waals surface area (Å²) in [4.78, 5) is 47.0. The molecule has 0 aliphatic carbocycles. The van der Waals surface area contributed by atoms with Crippen LogP contribution in [-0.2, 0) is 0 Å². The molecule has 0 unspecified atom stereocenters. The van der Waals surface area contributed by atoms with E-state index in [2.05, 4.69) is 0 Å². The lowest BCUT2D eigenvalue weighted by molar-refractivity contribution is 0.0688. The van der Waals surface area contributed by atoms with Gasteiger partial charge in [0.1, 0.15) is 0 Å². The lowest BCUT2D eigenvalue weighted by Gasteiger charge is -1.95. The van der Waals surface area contributed by atoms with Crippen LogP contribution in [0.4, 0.5) is 0 Å². The van der Waals surface area contributed by atoms with Crippen LogP contribution in [0.3, 0.4) is 0 Å². The molecule has 0 radical (unpaired) electrons. The van der Waals surface area contributed by atoms with Gasteiger partial charge in [0.2, 0.25) is 0 Å². The van der Waals surface area contributed by atoms with E-state index < -0.39 is 23.2 Å². The van der Waals surface area contributed by atoms with Crippen LogP contribution in [0, 0.1) is 0 Å². The summed E-state index contributed by atoms with van der Waals surface area (Å²) < 4.78 is 4.71. The van der Waals surface area contributed by atoms with Gasteiger partial charge >= 0.3 is 23.2 Å². The molecule has 124 valence electrons. The lowest BCUT2D eigenvalue weighted by Crippen LogP contribution is -2.12. The van der Waals surface area contributed by atoms with E-state index in [1.807, 2.05) is 0 Å². The van der Waals surface area contributed by atoms with Crippen LogP contribution >= 0.6 is 0 Å². The van der Waals surface area contributed by atoms with Gasteiger partial charge in [-0.05, 0) is 35.0 Å². The highest BCUT2D eigenvalue weighted by Gasteiger charge is 2.12. The fraction of sp³-hybridized carbons (Fsp3) is 0. The van der Waals surface area contributed by atoms with E-state index in [-0.39, 0.29) is 21.9 Å². The van der Waals surface area contributed by atoms with Crippen molar-refractivity contribution in [1.29, 1.82) is 0 Å². The molecule has 0 atom stereocenters. The molecule has 7 nitrogen and oxygen atoms in total. The van der Waals surface area contributed by atoms with Crippen LogP contribution in [0.25, 0.3) is 21.5 Å². The number of rotatable bonds is 2. The molecule has 4 bridgehead atoms. The Morgan fingerprint density at radius 2 is 1.04 bits per heavy atom. The maximum Gasteiger partial charge on any atom is 0.346 e. The molecule has 3 aromatic rings. The molecule has 1 heterocycles. The normalized spacial score (nSPS) is 10.6. The number of carbonyl (C=O) groups is 2. The Morgan fingerprint density at radius 3 is 1.40 bits per heavy atom. The van der Waals surface area contributed by atoms with Gasteiger partial charge in [-0.1, -0.05) is 24.3 Å². The zero-order chi connectivity index (χ0) is 18.1. The Labute approximate surface area is 139 Å². The average Bonchev–Trinajstić information content (AvgIpc) is 2.59. The van der Waals surface area contributed by atoms with Crippen molar-refractivity contribution >= 4 is 33.5 Å². The summed E-state index contributed by atoms with van der Waals surface area (Å²) >= 11 is 0. The molecular formula is C18H10O7. The molecule has 0 spiro atoms. The Balaban J connectivity index is 2.60. The minimum absolute atomic E-state index is 0.296. The van der Waals surface area contributed by atoms with E-state index in [0.29, 0.717) is 10.8 Å². The van der Waals surface area contributed by atoms with Crippen LogP contribution in [0.5, 0.6) is 0 Å². The third kappa shape index (κ3) is 3.02. The van der Waals surface area contributed by atoms with Crippen molar-refractivity contribution in [1.82, 2.24) is 0 Å². The summed E-state index contributed by atoms with van der Waals surface area (Å²) in [6.07, 6.45) is 0. The molecule has 0 saturated carbocycles. The number of carboxylic acid groups (broad SMARTS) is 2. The highest BCUT2D eigenvalue weighted by atomic mass is 16.4. The van der Waals surface area contributed by atoms with E-state index in [0.717, 1.165) is 0 Å². The Morgan fingerprint density at radius 1 is 0.680 bits per heavy atom. The maximum absolute atomic E-state index is 12.2. The van der Waals surface area contributed by atoms with Crippen LogP contribution in [0.1, 0.15) is 20.7 Å². The van der Waals surface area contributed by atoms with Gasteiger partial charge in [0.25, 0.3) is 0 Å². The summed E-state index contributed by atoms with van der Waals surface area (Å²) in [6, 6.07) is 11.3. The van der Waals surface area contributed by atoms with Gasteiger partial charge in [-0.15, -0.1) is 0 Å². The van der Waals surface area contributed by atoms with Crippen LogP contribution in [0.15, 0.2) is 62.5 Å². The number of hydrogen-bond donors (Lipinski definition) is 2. The summed E-state index contributed by atoms with van der Waals surface area (Å²) in [7, 11) is 0. The number of hydrogen-bond acceptors (Lipinski definition) is 5. The second-order valence-electron chi connectivity index (χ2n) is 5.23. The highest BCUT2D eigenvalue weighted by Crippen LogP contribution is 2.14. The molecule has 3 rings (SSSR count). The van der Waals surface area contributed by atoms with E-state index in [9.17, 15) is 29.4 Å². The second kappa shape index (κ2) is 6.04. The van der Waals surface area contributed by atoms with Gasteiger partial charge in [0.15, 0.2) is 0 Å². The number of fused-ring (bicyclic) bond motifs is 4. The summed E-state index contributed by atoms with van der Waals surface area (Å²) in [6.45, 7) is 0. The predicted molar refractivity (Wildman–Crippen MR) is 89.0 cm³/mol. The quantitative estimate of drug-likeness (QED) is 0.735. The maximum atomic E-state index is 12.2. The van der Waals surface area contributed by atoms with Crippen molar-refractivity contribution in [2.24, 2.45) is 0 Å². The van der Waals surface area contributed by atoms with Crippen LogP contribution in [-0.4, -0.2) is 22.2 Å². The van der Waals surface area contributed by atoms with Crippen LogP contribution in [0.2, 0.25) is 0 Å². The zero-order valence-corrected chi connectivity index (χ0v) is 12.6. The third-order valence-electron chi connectivity index (χ3n) is 3.64. The molecule has 0 amide bonds. The van der Waals surface area contributed by atoms with Gasteiger partial charge in [-0.3, -0.25) is 0 Å². The molecule has 7 heteroatoms. The molecule has 25 heavy (non-hydrogen) atoms. The molecular weight excluding hydrogens is 328 g/mol. The monoisotopic (exact) mass is 338 g/mol. The van der Waals surface area contributed by atoms with Crippen molar-refractivity contribution in [2.45, 2.75) is 0 Å². The molecule has 2 N–H and O–H groups in total. The molecule has 0 saturated heterocycles. The fourth-order valence-electron chi connectivity index (χ4n) is 2.43.